The number of aryl methyl sites for hydroxylation is 3. The average Bonchev–Trinajstić information content (AvgIpc) is 2.88. The number of aromatic nitrogens is 2. The molecule has 0 radical (unpaired) electrons. The maximum Gasteiger partial charge on any atom is 0.0489 e. The summed E-state index contributed by atoms with van der Waals surface area (Å²) in [5, 5.41) is 4.24. The van der Waals surface area contributed by atoms with Crippen LogP contribution in [0.15, 0.2) is 42.7 Å². The molecule has 2 rings (SSSR count). The largest absolute Gasteiger partial charge is 0.272 e. The molecule has 1 aromatic carbocycles. The van der Waals surface area contributed by atoms with E-state index in [1.54, 1.807) is 0 Å². The Morgan fingerprint density at radius 2 is 1.82 bits per heavy atom. The fraction of sp³-hybridized carbons (Fsp3) is 0.400. The van der Waals surface area contributed by atoms with Crippen LogP contribution in [0.25, 0.3) is 0 Å². The zero-order valence-electron chi connectivity index (χ0n) is 10.5. The zero-order valence-corrected chi connectivity index (χ0v) is 10.5. The van der Waals surface area contributed by atoms with Crippen molar-refractivity contribution in [1.29, 1.82) is 0 Å². The van der Waals surface area contributed by atoms with Crippen LogP contribution in [0.4, 0.5) is 0 Å². The maximum atomic E-state index is 4.24. The van der Waals surface area contributed by atoms with Crippen LogP contribution in [0.1, 0.15) is 30.9 Å². The van der Waals surface area contributed by atoms with Crippen LogP contribution >= 0.6 is 0 Å². The lowest BCUT2D eigenvalue weighted by molar-refractivity contribution is 0.611. The molecule has 0 unspecified atom stereocenters. The van der Waals surface area contributed by atoms with E-state index in [1.807, 2.05) is 23.1 Å². The Labute approximate surface area is 103 Å². The molecule has 0 atom stereocenters. The van der Waals surface area contributed by atoms with Gasteiger partial charge in [-0.2, -0.15) is 5.10 Å². The van der Waals surface area contributed by atoms with Crippen LogP contribution in [0.3, 0.4) is 0 Å². The predicted octanol–water partition coefficient (Wildman–Crippen LogP) is 3.47. The number of hydrogen-bond donors (Lipinski definition) is 0. The average molecular weight is 228 g/mol. The van der Waals surface area contributed by atoms with Gasteiger partial charge in [-0.3, -0.25) is 4.68 Å². The Bertz CT molecular complexity index is 432. The van der Waals surface area contributed by atoms with Gasteiger partial charge in [0.05, 0.1) is 0 Å². The van der Waals surface area contributed by atoms with Crippen molar-refractivity contribution in [2.24, 2.45) is 0 Å². The van der Waals surface area contributed by atoms with Crippen LogP contribution in [-0.4, -0.2) is 9.78 Å². The zero-order chi connectivity index (χ0) is 11.9. The van der Waals surface area contributed by atoms with Gasteiger partial charge in [0.15, 0.2) is 0 Å². The minimum atomic E-state index is 0.968. The molecule has 0 saturated carbocycles. The normalized spacial score (nSPS) is 10.6. The van der Waals surface area contributed by atoms with E-state index in [0.717, 1.165) is 13.0 Å². The third kappa shape index (κ3) is 3.45. The number of unbranched alkanes of at least 4 members (excludes halogenated alkanes) is 1. The smallest absolute Gasteiger partial charge is 0.0489 e. The summed E-state index contributed by atoms with van der Waals surface area (Å²) in [4.78, 5) is 0. The second kappa shape index (κ2) is 6.24. The van der Waals surface area contributed by atoms with Crippen molar-refractivity contribution in [3.63, 3.8) is 0 Å². The first-order valence-electron chi connectivity index (χ1n) is 6.44. The van der Waals surface area contributed by atoms with Gasteiger partial charge in [0.1, 0.15) is 0 Å². The SMILES string of the molecule is CCCCc1ccccc1CCn1cccn1. The van der Waals surface area contributed by atoms with Gasteiger partial charge in [-0.05, 0) is 36.5 Å². The summed E-state index contributed by atoms with van der Waals surface area (Å²) < 4.78 is 2.00. The fourth-order valence-corrected chi connectivity index (χ4v) is 2.08. The van der Waals surface area contributed by atoms with Crippen LogP contribution in [0, 0.1) is 0 Å². The monoisotopic (exact) mass is 228 g/mol. The van der Waals surface area contributed by atoms with Gasteiger partial charge in [-0.25, -0.2) is 0 Å². The van der Waals surface area contributed by atoms with Gasteiger partial charge < -0.3 is 0 Å². The van der Waals surface area contributed by atoms with Crippen LogP contribution in [-0.2, 0) is 19.4 Å². The molecular weight excluding hydrogens is 208 g/mol. The molecule has 0 spiro atoms. The van der Waals surface area contributed by atoms with Crippen molar-refractivity contribution < 1.29 is 0 Å². The van der Waals surface area contributed by atoms with Crippen molar-refractivity contribution in [3.8, 4) is 0 Å². The number of rotatable bonds is 6. The van der Waals surface area contributed by atoms with Crippen molar-refractivity contribution in [2.45, 2.75) is 39.2 Å². The van der Waals surface area contributed by atoms with Crippen molar-refractivity contribution in [1.82, 2.24) is 9.78 Å². The van der Waals surface area contributed by atoms with E-state index >= 15 is 0 Å². The van der Waals surface area contributed by atoms with E-state index in [-0.39, 0.29) is 0 Å². The molecule has 0 aliphatic carbocycles. The molecule has 0 amide bonds. The van der Waals surface area contributed by atoms with Gasteiger partial charge in [0.25, 0.3) is 0 Å². The molecule has 0 fully saturated rings. The molecule has 0 aliphatic rings. The number of hydrogen-bond acceptors (Lipinski definition) is 1. The molecule has 0 aliphatic heterocycles. The summed E-state index contributed by atoms with van der Waals surface area (Å²) in [6.45, 7) is 3.21. The Morgan fingerprint density at radius 3 is 2.47 bits per heavy atom. The van der Waals surface area contributed by atoms with E-state index in [2.05, 4.69) is 36.3 Å². The van der Waals surface area contributed by atoms with Gasteiger partial charge >= 0.3 is 0 Å². The highest BCUT2D eigenvalue weighted by atomic mass is 15.3. The highest BCUT2D eigenvalue weighted by Gasteiger charge is 2.01. The predicted molar refractivity (Wildman–Crippen MR) is 71.0 cm³/mol. The molecule has 2 aromatic rings. The van der Waals surface area contributed by atoms with Crippen molar-refractivity contribution in [3.05, 3.63) is 53.9 Å². The molecule has 1 heterocycles. The maximum absolute atomic E-state index is 4.24. The van der Waals surface area contributed by atoms with E-state index in [1.165, 1.54) is 30.4 Å². The molecule has 2 heteroatoms. The first-order chi connectivity index (χ1) is 8.40. The quantitative estimate of drug-likeness (QED) is 0.740. The van der Waals surface area contributed by atoms with Crippen LogP contribution in [0.5, 0.6) is 0 Å². The third-order valence-corrected chi connectivity index (χ3v) is 3.09. The van der Waals surface area contributed by atoms with Crippen molar-refractivity contribution >= 4 is 0 Å². The summed E-state index contributed by atoms with van der Waals surface area (Å²) in [6.07, 6.45) is 8.66. The van der Waals surface area contributed by atoms with E-state index in [4.69, 9.17) is 0 Å². The molecule has 1 aromatic heterocycles. The van der Waals surface area contributed by atoms with E-state index < -0.39 is 0 Å². The van der Waals surface area contributed by atoms with Crippen molar-refractivity contribution in [2.75, 3.05) is 0 Å². The first-order valence-corrected chi connectivity index (χ1v) is 6.44. The van der Waals surface area contributed by atoms with Crippen LogP contribution < -0.4 is 0 Å². The number of nitrogens with zero attached hydrogens (tertiary/aromatic N) is 2. The molecule has 0 N–H and O–H groups in total. The highest BCUT2D eigenvalue weighted by Crippen LogP contribution is 2.13. The van der Waals surface area contributed by atoms with Gasteiger partial charge in [0, 0.05) is 18.9 Å². The van der Waals surface area contributed by atoms with Gasteiger partial charge in [-0.15, -0.1) is 0 Å². The summed E-state index contributed by atoms with van der Waals surface area (Å²) in [7, 11) is 0. The highest BCUT2D eigenvalue weighted by molar-refractivity contribution is 5.27. The molecule has 17 heavy (non-hydrogen) atoms. The summed E-state index contributed by atoms with van der Waals surface area (Å²) >= 11 is 0. The Hall–Kier alpha value is -1.57. The molecule has 90 valence electrons. The summed E-state index contributed by atoms with van der Waals surface area (Å²) in [5.74, 6) is 0. The molecule has 2 nitrogen and oxygen atoms in total. The minimum Gasteiger partial charge on any atom is -0.272 e. The Morgan fingerprint density at radius 1 is 1.06 bits per heavy atom. The fourth-order valence-electron chi connectivity index (χ4n) is 2.08. The Kier molecular flexibility index (Phi) is 4.37. The summed E-state index contributed by atoms with van der Waals surface area (Å²) in [6, 6.07) is 10.8. The lowest BCUT2D eigenvalue weighted by atomic mass is 10.00. The van der Waals surface area contributed by atoms with E-state index in [0.29, 0.717) is 0 Å². The summed E-state index contributed by atoms with van der Waals surface area (Å²) in [5.41, 5.74) is 2.97. The minimum absolute atomic E-state index is 0.968. The molecule has 0 saturated heterocycles. The van der Waals surface area contributed by atoms with E-state index in [9.17, 15) is 0 Å². The van der Waals surface area contributed by atoms with Gasteiger partial charge in [-0.1, -0.05) is 37.6 Å². The topological polar surface area (TPSA) is 17.8 Å². The number of benzene rings is 1. The first kappa shape index (κ1) is 11.9. The molecule has 0 bridgehead atoms. The van der Waals surface area contributed by atoms with Gasteiger partial charge in [0.2, 0.25) is 0 Å². The standard InChI is InChI=1S/C15H20N2/c1-2-3-7-14-8-4-5-9-15(14)10-13-17-12-6-11-16-17/h4-6,8-9,11-12H,2-3,7,10,13H2,1H3. The lowest BCUT2D eigenvalue weighted by Gasteiger charge is -2.09. The lowest BCUT2D eigenvalue weighted by Crippen LogP contribution is -2.03. The third-order valence-electron chi connectivity index (χ3n) is 3.09. The second-order valence-electron chi connectivity index (χ2n) is 4.39. The second-order valence-corrected chi connectivity index (χ2v) is 4.39. The Balaban J connectivity index is 1.99. The van der Waals surface area contributed by atoms with Crippen LogP contribution in [0.2, 0.25) is 0 Å². The molecular formula is C15H20N2.